The van der Waals surface area contributed by atoms with Crippen molar-refractivity contribution in [3.8, 4) is 0 Å². The lowest BCUT2D eigenvalue weighted by molar-refractivity contribution is -0.144. The molecule has 0 bridgehead atoms. The Morgan fingerprint density at radius 1 is 0.861 bits per heavy atom. The molecule has 0 aromatic heterocycles. The highest BCUT2D eigenvalue weighted by atomic mass is 32.2. The van der Waals surface area contributed by atoms with E-state index in [1.165, 1.54) is 11.8 Å². The topological polar surface area (TPSA) is 231 Å². The van der Waals surface area contributed by atoms with Gasteiger partial charge >= 0.3 is 11.9 Å². The Kier molecular flexibility index (Phi) is 13.0. The molecule has 0 saturated carbocycles. The number of amides is 4. The summed E-state index contributed by atoms with van der Waals surface area (Å²) in [6.07, 6.45) is 0.531. The Hall–Kier alpha value is -3.65. The minimum absolute atomic E-state index is 0.150. The van der Waals surface area contributed by atoms with Crippen LogP contribution in [0.2, 0.25) is 0 Å². The van der Waals surface area contributed by atoms with Crippen molar-refractivity contribution >= 4 is 47.3 Å². The van der Waals surface area contributed by atoms with Crippen LogP contribution in [0.15, 0.2) is 30.3 Å². The molecule has 198 valence electrons. The van der Waals surface area contributed by atoms with Crippen LogP contribution < -0.4 is 27.4 Å². The molecule has 13 nitrogen and oxygen atoms in total. The van der Waals surface area contributed by atoms with E-state index in [0.29, 0.717) is 5.75 Å². The van der Waals surface area contributed by atoms with Gasteiger partial charge in [0.25, 0.3) is 0 Å². The van der Waals surface area contributed by atoms with Gasteiger partial charge in [-0.3, -0.25) is 24.0 Å². The molecule has 36 heavy (non-hydrogen) atoms. The zero-order valence-corrected chi connectivity index (χ0v) is 20.5. The van der Waals surface area contributed by atoms with Crippen LogP contribution in [0.5, 0.6) is 0 Å². The number of nitrogens with one attached hydrogen (secondary N) is 3. The van der Waals surface area contributed by atoms with Crippen LogP contribution in [0.4, 0.5) is 0 Å². The number of carboxylic acid groups (broad SMARTS) is 2. The predicted octanol–water partition coefficient (Wildman–Crippen LogP) is -1.80. The van der Waals surface area contributed by atoms with E-state index in [1.54, 1.807) is 30.5 Å². The molecule has 0 aliphatic rings. The van der Waals surface area contributed by atoms with Crippen LogP contribution in [-0.2, 0) is 35.2 Å². The molecule has 4 atom stereocenters. The lowest BCUT2D eigenvalue weighted by atomic mass is 10.1. The number of nitrogens with two attached hydrogens (primary N) is 2. The number of carbonyl (C=O) groups excluding carboxylic acids is 4. The van der Waals surface area contributed by atoms with Crippen molar-refractivity contribution in [2.24, 2.45) is 11.5 Å². The number of thioether (sulfide) groups is 1. The van der Waals surface area contributed by atoms with Crippen molar-refractivity contribution in [1.82, 2.24) is 16.0 Å². The first kappa shape index (κ1) is 30.4. The molecule has 0 fully saturated rings. The lowest BCUT2D eigenvalue weighted by Gasteiger charge is -2.24. The second-order valence-electron chi connectivity index (χ2n) is 7.87. The Labute approximate surface area is 211 Å². The van der Waals surface area contributed by atoms with E-state index in [0.717, 1.165) is 5.56 Å². The molecular formula is C22H31N5O8S. The maximum absolute atomic E-state index is 12.9. The van der Waals surface area contributed by atoms with Crippen molar-refractivity contribution < 1.29 is 39.0 Å². The summed E-state index contributed by atoms with van der Waals surface area (Å²) in [5.41, 5.74) is 11.8. The van der Waals surface area contributed by atoms with Gasteiger partial charge in [-0.15, -0.1) is 0 Å². The van der Waals surface area contributed by atoms with Crippen LogP contribution in [0.1, 0.15) is 24.8 Å². The number of rotatable bonds is 16. The monoisotopic (exact) mass is 525 g/mol. The minimum Gasteiger partial charge on any atom is -0.481 e. The van der Waals surface area contributed by atoms with E-state index in [2.05, 4.69) is 10.6 Å². The van der Waals surface area contributed by atoms with Gasteiger partial charge in [0.05, 0.1) is 18.9 Å². The average molecular weight is 526 g/mol. The summed E-state index contributed by atoms with van der Waals surface area (Å²) in [6, 6.07) is 3.47. The summed E-state index contributed by atoms with van der Waals surface area (Å²) < 4.78 is 0. The maximum Gasteiger partial charge on any atom is 0.326 e. The van der Waals surface area contributed by atoms with Crippen molar-refractivity contribution in [1.29, 1.82) is 0 Å². The van der Waals surface area contributed by atoms with E-state index in [-0.39, 0.29) is 12.8 Å². The highest BCUT2D eigenvalue weighted by molar-refractivity contribution is 7.98. The van der Waals surface area contributed by atoms with Crippen molar-refractivity contribution in [2.75, 3.05) is 12.0 Å². The van der Waals surface area contributed by atoms with E-state index in [1.807, 2.05) is 11.4 Å². The third kappa shape index (κ3) is 11.2. The molecule has 4 unspecified atom stereocenters. The summed E-state index contributed by atoms with van der Waals surface area (Å²) >= 11 is 1.39. The van der Waals surface area contributed by atoms with Crippen LogP contribution in [0, 0.1) is 0 Å². The summed E-state index contributed by atoms with van der Waals surface area (Å²) in [6.45, 7) is 0. The van der Waals surface area contributed by atoms with Gasteiger partial charge in [-0.1, -0.05) is 30.3 Å². The van der Waals surface area contributed by atoms with Crippen LogP contribution in [-0.4, -0.2) is 82.0 Å². The van der Waals surface area contributed by atoms with Crippen molar-refractivity contribution in [3.05, 3.63) is 35.9 Å². The van der Waals surface area contributed by atoms with Crippen LogP contribution in [0.3, 0.4) is 0 Å². The van der Waals surface area contributed by atoms with Gasteiger partial charge in [-0.05, 0) is 30.4 Å². The first-order valence-corrected chi connectivity index (χ1v) is 12.3. The zero-order chi connectivity index (χ0) is 27.3. The van der Waals surface area contributed by atoms with Gasteiger partial charge < -0.3 is 37.6 Å². The molecule has 4 amide bonds. The molecule has 0 radical (unpaired) electrons. The summed E-state index contributed by atoms with van der Waals surface area (Å²) in [5, 5.41) is 25.1. The largest absolute Gasteiger partial charge is 0.481 e. The fourth-order valence-corrected chi connectivity index (χ4v) is 3.55. The Morgan fingerprint density at radius 3 is 1.94 bits per heavy atom. The second kappa shape index (κ2) is 15.4. The van der Waals surface area contributed by atoms with Gasteiger partial charge in [0.15, 0.2) is 0 Å². The molecule has 0 aliphatic heterocycles. The standard InChI is InChI=1S/C22H31N5O8S/c1-36-8-7-14(25-19(31)13(23)9-12-5-3-2-4-6-12)20(32)26-15(11-18(29)30)21(33)27-16(22(34)35)10-17(24)28/h2-6,13-16H,7-11,23H2,1H3,(H2,24,28)(H,25,31)(H,26,32)(H,27,33)(H,29,30)(H,34,35). The molecule has 0 aliphatic carbocycles. The number of aliphatic carboxylic acids is 2. The number of hydrogen-bond donors (Lipinski definition) is 7. The first-order valence-electron chi connectivity index (χ1n) is 10.9. The van der Waals surface area contributed by atoms with Crippen molar-refractivity contribution in [3.63, 3.8) is 0 Å². The third-order valence-electron chi connectivity index (χ3n) is 4.91. The average Bonchev–Trinajstić information content (AvgIpc) is 2.80. The highest BCUT2D eigenvalue weighted by Gasteiger charge is 2.32. The Bertz CT molecular complexity index is 946. The lowest BCUT2D eigenvalue weighted by Crippen LogP contribution is -2.58. The smallest absolute Gasteiger partial charge is 0.326 e. The molecule has 0 spiro atoms. The van der Waals surface area contributed by atoms with E-state index in [4.69, 9.17) is 16.6 Å². The minimum atomic E-state index is -1.72. The zero-order valence-electron chi connectivity index (χ0n) is 19.6. The van der Waals surface area contributed by atoms with Gasteiger partial charge in [0.2, 0.25) is 23.6 Å². The highest BCUT2D eigenvalue weighted by Crippen LogP contribution is 2.06. The molecule has 9 N–H and O–H groups in total. The quantitative estimate of drug-likeness (QED) is 0.128. The third-order valence-corrected chi connectivity index (χ3v) is 5.55. The fourth-order valence-electron chi connectivity index (χ4n) is 3.07. The second-order valence-corrected chi connectivity index (χ2v) is 8.85. The Balaban J connectivity index is 2.95. The van der Waals surface area contributed by atoms with E-state index in [9.17, 15) is 33.9 Å². The summed E-state index contributed by atoms with van der Waals surface area (Å²) in [7, 11) is 0. The SMILES string of the molecule is CSCCC(NC(=O)C(N)Cc1ccccc1)C(=O)NC(CC(=O)O)C(=O)NC(CC(N)=O)C(=O)O. The van der Waals surface area contributed by atoms with E-state index >= 15 is 0 Å². The molecule has 0 heterocycles. The van der Waals surface area contributed by atoms with Gasteiger partial charge in [-0.25, -0.2) is 4.79 Å². The van der Waals surface area contributed by atoms with Gasteiger partial charge in [-0.2, -0.15) is 11.8 Å². The number of carboxylic acids is 2. The molecule has 1 aromatic rings. The predicted molar refractivity (Wildman–Crippen MR) is 131 cm³/mol. The number of hydrogen-bond acceptors (Lipinski definition) is 8. The van der Waals surface area contributed by atoms with E-state index < -0.39 is 72.6 Å². The fraction of sp³-hybridized carbons (Fsp3) is 0.455. The normalized spacial score (nSPS) is 13.9. The van der Waals surface area contributed by atoms with Crippen molar-refractivity contribution in [2.45, 2.75) is 49.9 Å². The number of carbonyl (C=O) groups is 6. The molecule has 0 saturated heterocycles. The maximum atomic E-state index is 12.9. The van der Waals surface area contributed by atoms with Crippen LogP contribution in [0.25, 0.3) is 0 Å². The summed E-state index contributed by atoms with van der Waals surface area (Å²) in [5.74, 6) is -6.20. The number of benzene rings is 1. The first-order chi connectivity index (χ1) is 16.9. The molecular weight excluding hydrogens is 494 g/mol. The summed E-state index contributed by atoms with van der Waals surface area (Å²) in [4.78, 5) is 71.8. The Morgan fingerprint density at radius 2 is 1.42 bits per heavy atom. The number of primary amides is 1. The van der Waals surface area contributed by atoms with Gasteiger partial charge in [0, 0.05) is 0 Å². The molecule has 1 rings (SSSR count). The van der Waals surface area contributed by atoms with Gasteiger partial charge in [0.1, 0.15) is 18.1 Å². The molecule has 1 aromatic carbocycles. The van der Waals surface area contributed by atoms with Crippen LogP contribution >= 0.6 is 11.8 Å². The molecule has 14 heteroatoms.